The number of methoxy groups -OCH3 is 1. The quantitative estimate of drug-likeness (QED) is 0.842. The number of halogens is 1. The van der Waals surface area contributed by atoms with Crippen LogP contribution in [-0.4, -0.2) is 54.7 Å². The first-order valence-electron chi connectivity index (χ1n) is 8.07. The number of hydrogen-bond acceptors (Lipinski definition) is 4. The number of rotatable bonds is 2. The van der Waals surface area contributed by atoms with Gasteiger partial charge in [-0.05, 0) is 37.5 Å². The van der Waals surface area contributed by atoms with Crippen LogP contribution >= 0.6 is 0 Å². The minimum Gasteiger partial charge on any atom is -0.494 e. The third kappa shape index (κ3) is 2.73. The molecule has 0 saturated carbocycles. The fourth-order valence-corrected chi connectivity index (χ4v) is 3.59. The Balaban J connectivity index is 1.84. The minimum atomic E-state index is -0.948. The maximum atomic E-state index is 13.5. The molecule has 7 heteroatoms. The number of likely N-dealkylation sites (tertiary alicyclic amines) is 1. The predicted molar refractivity (Wildman–Crippen MR) is 84.2 cm³/mol. The van der Waals surface area contributed by atoms with Crippen molar-refractivity contribution in [3.8, 4) is 5.75 Å². The van der Waals surface area contributed by atoms with E-state index in [4.69, 9.17) is 4.74 Å². The van der Waals surface area contributed by atoms with Crippen LogP contribution in [-0.2, 0) is 4.79 Å². The van der Waals surface area contributed by atoms with Crippen molar-refractivity contribution >= 4 is 11.8 Å². The Bertz CT molecular complexity index is 666. The molecule has 2 heterocycles. The van der Waals surface area contributed by atoms with Crippen LogP contribution < -0.4 is 10.1 Å². The van der Waals surface area contributed by atoms with Gasteiger partial charge in [-0.25, -0.2) is 4.39 Å². The Morgan fingerprint density at radius 2 is 2.29 bits per heavy atom. The molecule has 130 valence electrons. The van der Waals surface area contributed by atoms with E-state index in [0.717, 1.165) is 6.42 Å². The van der Waals surface area contributed by atoms with Gasteiger partial charge in [0.05, 0.1) is 18.6 Å². The molecule has 6 nitrogen and oxygen atoms in total. The van der Waals surface area contributed by atoms with Crippen LogP contribution in [0.2, 0.25) is 0 Å². The Morgan fingerprint density at radius 3 is 3.00 bits per heavy atom. The van der Waals surface area contributed by atoms with Crippen LogP contribution in [0.4, 0.5) is 4.39 Å². The Hall–Kier alpha value is -2.15. The molecule has 1 aromatic rings. The molecule has 1 aromatic carbocycles. The van der Waals surface area contributed by atoms with Crippen molar-refractivity contribution in [3.05, 3.63) is 29.6 Å². The molecule has 0 bridgehead atoms. The summed E-state index contributed by atoms with van der Waals surface area (Å²) in [6.07, 6.45) is 0.910. The number of benzene rings is 1. The van der Waals surface area contributed by atoms with E-state index in [0.29, 0.717) is 31.5 Å². The molecule has 2 amide bonds. The lowest BCUT2D eigenvalue weighted by molar-refractivity contribution is -0.147. The van der Waals surface area contributed by atoms with Crippen molar-refractivity contribution in [2.75, 3.05) is 26.7 Å². The molecule has 0 radical (unpaired) electrons. The molecule has 0 unspecified atom stereocenters. The summed E-state index contributed by atoms with van der Waals surface area (Å²) in [5.74, 6) is -1.03. The first-order chi connectivity index (χ1) is 11.5. The second-order valence-corrected chi connectivity index (χ2v) is 6.40. The number of ether oxygens (including phenoxy) is 1. The van der Waals surface area contributed by atoms with E-state index < -0.39 is 17.3 Å². The van der Waals surface area contributed by atoms with Crippen LogP contribution in [0.25, 0.3) is 0 Å². The molecular weight excluding hydrogens is 315 g/mol. The molecule has 1 spiro atoms. The van der Waals surface area contributed by atoms with Gasteiger partial charge in [-0.1, -0.05) is 0 Å². The molecule has 2 saturated heterocycles. The second kappa shape index (κ2) is 6.39. The van der Waals surface area contributed by atoms with E-state index in [9.17, 15) is 19.1 Å². The molecule has 0 aliphatic carbocycles. The van der Waals surface area contributed by atoms with E-state index >= 15 is 0 Å². The standard InChI is InChI=1S/C17H21FN2O4/c1-24-13-9-11(3-4-12(13)18)15(22)20-8-5-14(21)17(10-20)6-2-7-19-16(17)23/h3-4,9,14,21H,2,5-8,10H2,1H3,(H,19,23)/t14-,17+/m0/s1. The lowest BCUT2D eigenvalue weighted by Gasteiger charge is -2.46. The average Bonchev–Trinajstić information content (AvgIpc) is 2.59. The first kappa shape index (κ1) is 16.7. The van der Waals surface area contributed by atoms with Crippen molar-refractivity contribution in [2.45, 2.75) is 25.4 Å². The summed E-state index contributed by atoms with van der Waals surface area (Å²) in [6.45, 7) is 1.11. The predicted octanol–water partition coefficient (Wildman–Crippen LogP) is 0.937. The van der Waals surface area contributed by atoms with Gasteiger partial charge in [0, 0.05) is 25.2 Å². The zero-order chi connectivity index (χ0) is 17.3. The van der Waals surface area contributed by atoms with Crippen LogP contribution in [0, 0.1) is 11.2 Å². The molecule has 2 aliphatic heterocycles. The summed E-state index contributed by atoms with van der Waals surface area (Å²) in [7, 11) is 1.34. The third-order valence-corrected chi connectivity index (χ3v) is 5.01. The number of hydrogen-bond donors (Lipinski definition) is 2. The maximum Gasteiger partial charge on any atom is 0.254 e. The number of amides is 2. The van der Waals surface area contributed by atoms with Crippen molar-refractivity contribution in [1.82, 2.24) is 10.2 Å². The third-order valence-electron chi connectivity index (χ3n) is 5.01. The van der Waals surface area contributed by atoms with Gasteiger partial charge in [0.25, 0.3) is 5.91 Å². The van der Waals surface area contributed by atoms with Gasteiger partial charge < -0.3 is 20.1 Å². The average molecular weight is 336 g/mol. The highest BCUT2D eigenvalue weighted by atomic mass is 19.1. The smallest absolute Gasteiger partial charge is 0.254 e. The SMILES string of the molecule is COc1cc(C(=O)N2CC[C@H](O)[C@@]3(CCCNC3=O)C2)ccc1F. The zero-order valence-corrected chi connectivity index (χ0v) is 13.5. The van der Waals surface area contributed by atoms with Gasteiger partial charge in [-0.2, -0.15) is 0 Å². The van der Waals surface area contributed by atoms with E-state index in [1.54, 1.807) is 4.90 Å². The Kier molecular flexibility index (Phi) is 4.45. The largest absolute Gasteiger partial charge is 0.494 e. The van der Waals surface area contributed by atoms with Crippen LogP contribution in [0.5, 0.6) is 5.75 Å². The summed E-state index contributed by atoms with van der Waals surface area (Å²) >= 11 is 0. The summed E-state index contributed by atoms with van der Waals surface area (Å²) in [4.78, 5) is 26.7. The highest BCUT2D eigenvalue weighted by Gasteiger charge is 2.50. The van der Waals surface area contributed by atoms with Crippen molar-refractivity contribution in [1.29, 1.82) is 0 Å². The van der Waals surface area contributed by atoms with Gasteiger partial charge in [-0.3, -0.25) is 9.59 Å². The molecule has 2 N–H and O–H groups in total. The summed E-state index contributed by atoms with van der Waals surface area (Å²) in [5.41, 5.74) is -0.646. The Labute approximate surface area is 139 Å². The lowest BCUT2D eigenvalue weighted by Crippen LogP contribution is -2.62. The maximum absolute atomic E-state index is 13.5. The topological polar surface area (TPSA) is 78.9 Å². The zero-order valence-electron chi connectivity index (χ0n) is 13.5. The van der Waals surface area contributed by atoms with Crippen molar-refractivity contribution in [3.63, 3.8) is 0 Å². The van der Waals surface area contributed by atoms with Crippen LogP contribution in [0.1, 0.15) is 29.6 Å². The molecule has 24 heavy (non-hydrogen) atoms. The van der Waals surface area contributed by atoms with E-state index in [1.807, 2.05) is 0 Å². The highest BCUT2D eigenvalue weighted by Crippen LogP contribution is 2.37. The summed E-state index contributed by atoms with van der Waals surface area (Å²) < 4.78 is 18.4. The molecule has 2 aliphatic rings. The Morgan fingerprint density at radius 1 is 1.50 bits per heavy atom. The molecule has 2 atom stereocenters. The lowest BCUT2D eigenvalue weighted by atomic mass is 9.71. The fraction of sp³-hybridized carbons (Fsp3) is 0.529. The molecule has 2 fully saturated rings. The van der Waals surface area contributed by atoms with Gasteiger partial charge in [0.15, 0.2) is 11.6 Å². The second-order valence-electron chi connectivity index (χ2n) is 6.40. The number of piperidine rings is 2. The molecular formula is C17H21FN2O4. The van der Waals surface area contributed by atoms with Gasteiger partial charge in [0.1, 0.15) is 0 Å². The van der Waals surface area contributed by atoms with Gasteiger partial charge >= 0.3 is 0 Å². The number of nitrogens with one attached hydrogen (secondary N) is 1. The summed E-state index contributed by atoms with van der Waals surface area (Å²) in [6, 6.07) is 3.95. The first-order valence-corrected chi connectivity index (χ1v) is 8.07. The number of carbonyl (C=O) groups excluding carboxylic acids is 2. The monoisotopic (exact) mass is 336 g/mol. The fourth-order valence-electron chi connectivity index (χ4n) is 3.59. The summed E-state index contributed by atoms with van der Waals surface area (Å²) in [5, 5.41) is 13.2. The van der Waals surface area contributed by atoms with Crippen LogP contribution in [0.3, 0.4) is 0 Å². The van der Waals surface area contributed by atoms with Crippen molar-refractivity contribution in [2.24, 2.45) is 5.41 Å². The van der Waals surface area contributed by atoms with E-state index in [1.165, 1.54) is 25.3 Å². The number of nitrogens with zero attached hydrogens (tertiary/aromatic N) is 1. The number of carbonyl (C=O) groups is 2. The minimum absolute atomic E-state index is 0.00279. The molecule has 0 aromatic heterocycles. The van der Waals surface area contributed by atoms with Gasteiger partial charge in [0.2, 0.25) is 5.91 Å². The number of aliphatic hydroxyl groups is 1. The van der Waals surface area contributed by atoms with Crippen LogP contribution in [0.15, 0.2) is 18.2 Å². The van der Waals surface area contributed by atoms with E-state index in [2.05, 4.69) is 5.32 Å². The molecule has 3 rings (SSSR count). The normalized spacial score (nSPS) is 27.0. The van der Waals surface area contributed by atoms with Crippen molar-refractivity contribution < 1.29 is 23.8 Å². The number of aliphatic hydroxyl groups excluding tert-OH is 1. The van der Waals surface area contributed by atoms with E-state index in [-0.39, 0.29) is 24.1 Å². The van der Waals surface area contributed by atoms with Gasteiger partial charge in [-0.15, -0.1) is 0 Å². The highest BCUT2D eigenvalue weighted by molar-refractivity contribution is 5.95.